The molecule has 0 fully saturated rings. The Morgan fingerprint density at radius 1 is 1.21 bits per heavy atom. The van der Waals surface area contributed by atoms with Gasteiger partial charge in [0.25, 0.3) is 5.91 Å². The number of aromatic nitrogens is 2. The number of carboxylic acid groups (broad SMARTS) is 1. The van der Waals surface area contributed by atoms with Crippen LogP contribution < -0.4 is 5.32 Å². The van der Waals surface area contributed by atoms with Gasteiger partial charge in [-0.2, -0.15) is 0 Å². The fraction of sp³-hybridized carbons (Fsp3) is 0.0769. The number of pyridine rings is 2. The van der Waals surface area contributed by atoms with Crippen molar-refractivity contribution in [3.63, 3.8) is 0 Å². The lowest BCUT2D eigenvalue weighted by molar-refractivity contribution is -0.135. The van der Waals surface area contributed by atoms with Crippen molar-refractivity contribution in [3.05, 3.63) is 48.4 Å². The summed E-state index contributed by atoms with van der Waals surface area (Å²) in [4.78, 5) is 30.2. The zero-order chi connectivity index (χ0) is 13.7. The van der Waals surface area contributed by atoms with E-state index in [0.717, 1.165) is 5.56 Å². The molecule has 0 saturated carbocycles. The Bertz CT molecular complexity index is 599. The van der Waals surface area contributed by atoms with E-state index in [-0.39, 0.29) is 5.69 Å². The Balaban J connectivity index is 2.20. The van der Waals surface area contributed by atoms with Gasteiger partial charge in [0.1, 0.15) is 12.2 Å². The summed E-state index contributed by atoms with van der Waals surface area (Å²) in [6.45, 7) is -0.433. The van der Waals surface area contributed by atoms with Gasteiger partial charge in [-0.15, -0.1) is 0 Å². The van der Waals surface area contributed by atoms with Gasteiger partial charge in [0, 0.05) is 18.0 Å². The first kappa shape index (κ1) is 12.7. The quantitative estimate of drug-likeness (QED) is 0.851. The smallest absolute Gasteiger partial charge is 0.322 e. The summed E-state index contributed by atoms with van der Waals surface area (Å²) in [5.41, 5.74) is 1.56. The van der Waals surface area contributed by atoms with E-state index in [1.165, 1.54) is 6.07 Å². The number of nitrogens with zero attached hydrogens (tertiary/aromatic N) is 2. The van der Waals surface area contributed by atoms with Crippen LogP contribution in [0.3, 0.4) is 0 Å². The predicted molar refractivity (Wildman–Crippen MR) is 67.4 cm³/mol. The van der Waals surface area contributed by atoms with Crippen molar-refractivity contribution in [2.75, 3.05) is 6.54 Å². The largest absolute Gasteiger partial charge is 0.480 e. The summed E-state index contributed by atoms with van der Waals surface area (Å²) in [6.07, 6.45) is 3.29. The highest BCUT2D eigenvalue weighted by molar-refractivity contribution is 5.94. The van der Waals surface area contributed by atoms with Crippen LogP contribution in [0.1, 0.15) is 10.5 Å². The molecule has 96 valence electrons. The van der Waals surface area contributed by atoms with Crippen molar-refractivity contribution in [3.8, 4) is 11.3 Å². The van der Waals surface area contributed by atoms with Crippen LogP contribution in [0.15, 0.2) is 42.7 Å². The van der Waals surface area contributed by atoms with E-state index in [4.69, 9.17) is 5.11 Å². The topological polar surface area (TPSA) is 92.2 Å². The molecule has 0 spiro atoms. The Labute approximate surface area is 109 Å². The first-order valence-electron chi connectivity index (χ1n) is 5.54. The SMILES string of the molecule is O=C(O)CNC(=O)c1cccc(-c2cccnc2)n1. The van der Waals surface area contributed by atoms with Gasteiger partial charge in [0.2, 0.25) is 0 Å². The summed E-state index contributed by atoms with van der Waals surface area (Å²) in [5.74, 6) is -1.62. The number of carbonyl (C=O) groups excluding carboxylic acids is 1. The zero-order valence-corrected chi connectivity index (χ0v) is 9.91. The second-order valence-corrected chi connectivity index (χ2v) is 3.73. The van der Waals surface area contributed by atoms with Crippen LogP contribution in [0.2, 0.25) is 0 Å². The molecule has 1 amide bonds. The van der Waals surface area contributed by atoms with Crippen LogP contribution in [0, 0.1) is 0 Å². The van der Waals surface area contributed by atoms with E-state index >= 15 is 0 Å². The van der Waals surface area contributed by atoms with Gasteiger partial charge < -0.3 is 10.4 Å². The molecule has 19 heavy (non-hydrogen) atoms. The number of rotatable bonds is 4. The molecule has 0 saturated heterocycles. The standard InChI is InChI=1S/C13H11N3O3/c17-12(18)8-15-13(19)11-5-1-4-10(16-11)9-3-2-6-14-7-9/h1-7H,8H2,(H,15,19)(H,17,18). The second kappa shape index (κ2) is 5.72. The van der Waals surface area contributed by atoms with Crippen LogP contribution in [-0.2, 0) is 4.79 Å². The number of hydrogen-bond acceptors (Lipinski definition) is 4. The number of hydrogen-bond donors (Lipinski definition) is 2. The molecule has 0 unspecified atom stereocenters. The van der Waals surface area contributed by atoms with Crippen molar-refractivity contribution in [1.82, 2.24) is 15.3 Å². The molecule has 0 aliphatic rings. The van der Waals surface area contributed by atoms with Crippen LogP contribution in [0.4, 0.5) is 0 Å². The summed E-state index contributed by atoms with van der Waals surface area (Å²) in [5, 5.41) is 10.8. The Kier molecular flexibility index (Phi) is 3.82. The minimum absolute atomic E-state index is 0.169. The van der Waals surface area contributed by atoms with Crippen LogP contribution in [0.5, 0.6) is 0 Å². The molecular formula is C13H11N3O3. The maximum absolute atomic E-state index is 11.7. The maximum atomic E-state index is 11.7. The van der Waals surface area contributed by atoms with Gasteiger partial charge in [-0.25, -0.2) is 4.98 Å². The van der Waals surface area contributed by atoms with Gasteiger partial charge in [0.05, 0.1) is 5.69 Å². The lowest BCUT2D eigenvalue weighted by Crippen LogP contribution is -2.29. The molecule has 6 heteroatoms. The first-order valence-corrected chi connectivity index (χ1v) is 5.54. The fourth-order valence-corrected chi connectivity index (χ4v) is 1.48. The number of amides is 1. The molecule has 0 radical (unpaired) electrons. The van der Waals surface area contributed by atoms with Crippen molar-refractivity contribution >= 4 is 11.9 Å². The van der Waals surface area contributed by atoms with Crippen LogP contribution in [0.25, 0.3) is 11.3 Å². The van der Waals surface area contributed by atoms with Crippen molar-refractivity contribution in [2.24, 2.45) is 0 Å². The van der Waals surface area contributed by atoms with E-state index in [1.807, 2.05) is 6.07 Å². The number of carbonyl (C=O) groups is 2. The predicted octanol–water partition coefficient (Wildman–Crippen LogP) is 0.958. The van der Waals surface area contributed by atoms with E-state index in [1.54, 1.807) is 30.6 Å². The van der Waals surface area contributed by atoms with Gasteiger partial charge in [0.15, 0.2) is 0 Å². The number of aliphatic carboxylic acids is 1. The highest BCUT2D eigenvalue weighted by Crippen LogP contribution is 2.15. The molecular weight excluding hydrogens is 246 g/mol. The highest BCUT2D eigenvalue weighted by atomic mass is 16.4. The van der Waals surface area contributed by atoms with E-state index < -0.39 is 18.4 Å². The van der Waals surface area contributed by atoms with Crippen LogP contribution in [-0.4, -0.2) is 33.5 Å². The number of nitrogens with one attached hydrogen (secondary N) is 1. The third kappa shape index (κ3) is 3.35. The lowest BCUT2D eigenvalue weighted by atomic mass is 10.2. The summed E-state index contributed by atoms with van der Waals surface area (Å²) in [7, 11) is 0. The van der Waals surface area contributed by atoms with Crippen LogP contribution >= 0.6 is 0 Å². The van der Waals surface area contributed by atoms with Crippen molar-refractivity contribution in [2.45, 2.75) is 0 Å². The molecule has 2 aromatic heterocycles. The van der Waals surface area contributed by atoms with Gasteiger partial charge in [-0.1, -0.05) is 6.07 Å². The third-order valence-corrected chi connectivity index (χ3v) is 2.34. The second-order valence-electron chi connectivity index (χ2n) is 3.73. The van der Waals surface area contributed by atoms with E-state index in [2.05, 4.69) is 15.3 Å². The molecule has 0 atom stereocenters. The molecule has 0 aliphatic carbocycles. The summed E-state index contributed by atoms with van der Waals surface area (Å²) >= 11 is 0. The zero-order valence-electron chi connectivity index (χ0n) is 9.91. The lowest BCUT2D eigenvalue weighted by Gasteiger charge is -2.04. The molecule has 2 heterocycles. The van der Waals surface area contributed by atoms with Gasteiger partial charge in [-0.3, -0.25) is 14.6 Å². The molecule has 2 aromatic rings. The average molecular weight is 257 g/mol. The van der Waals surface area contributed by atoms with Crippen molar-refractivity contribution in [1.29, 1.82) is 0 Å². The normalized spacial score (nSPS) is 9.89. The fourth-order valence-electron chi connectivity index (χ4n) is 1.48. The Hall–Kier alpha value is -2.76. The molecule has 6 nitrogen and oxygen atoms in total. The minimum atomic E-state index is -1.10. The molecule has 2 N–H and O–H groups in total. The molecule has 0 bridgehead atoms. The third-order valence-electron chi connectivity index (χ3n) is 2.34. The van der Waals surface area contributed by atoms with Crippen molar-refractivity contribution < 1.29 is 14.7 Å². The molecule has 0 aliphatic heterocycles. The Morgan fingerprint density at radius 3 is 2.74 bits per heavy atom. The molecule has 2 rings (SSSR count). The summed E-state index contributed by atoms with van der Waals surface area (Å²) < 4.78 is 0. The summed E-state index contributed by atoms with van der Waals surface area (Å²) in [6, 6.07) is 8.56. The highest BCUT2D eigenvalue weighted by Gasteiger charge is 2.09. The van der Waals surface area contributed by atoms with Gasteiger partial charge >= 0.3 is 5.97 Å². The monoisotopic (exact) mass is 257 g/mol. The number of carboxylic acids is 1. The van der Waals surface area contributed by atoms with E-state index in [9.17, 15) is 9.59 Å². The van der Waals surface area contributed by atoms with E-state index in [0.29, 0.717) is 5.69 Å². The molecule has 0 aromatic carbocycles. The first-order chi connectivity index (χ1) is 9.16. The maximum Gasteiger partial charge on any atom is 0.322 e. The average Bonchev–Trinajstić information content (AvgIpc) is 2.46. The Morgan fingerprint density at radius 2 is 2.05 bits per heavy atom. The van der Waals surface area contributed by atoms with Gasteiger partial charge in [-0.05, 0) is 24.3 Å². The minimum Gasteiger partial charge on any atom is -0.480 e.